The Morgan fingerprint density at radius 3 is 2.50 bits per heavy atom. The van der Waals surface area contributed by atoms with Crippen molar-refractivity contribution in [1.29, 1.82) is 5.26 Å². The van der Waals surface area contributed by atoms with Crippen molar-refractivity contribution in [3.63, 3.8) is 0 Å². The summed E-state index contributed by atoms with van der Waals surface area (Å²) < 4.78 is 13.6. The third-order valence-corrected chi connectivity index (χ3v) is 2.95. The molecular weight excluding hydrogens is 255 g/mol. The van der Waals surface area contributed by atoms with E-state index < -0.39 is 5.82 Å². The first-order chi connectivity index (χ1) is 9.74. The smallest absolute Gasteiger partial charge is 0.125 e. The van der Waals surface area contributed by atoms with Gasteiger partial charge in [-0.2, -0.15) is 5.26 Å². The number of benzene rings is 2. The monoisotopic (exact) mass is 270 g/mol. The van der Waals surface area contributed by atoms with Gasteiger partial charge in [-0.3, -0.25) is 0 Å². The molecule has 2 aromatic carbocycles. The molecule has 0 amide bonds. The lowest BCUT2D eigenvalue weighted by Gasteiger charge is -2.24. The van der Waals surface area contributed by atoms with Gasteiger partial charge in [-0.1, -0.05) is 18.2 Å². The maximum atomic E-state index is 13.6. The van der Waals surface area contributed by atoms with Gasteiger partial charge in [-0.15, -0.1) is 0 Å². The van der Waals surface area contributed by atoms with Crippen LogP contribution < -0.4 is 4.90 Å². The molecule has 20 heavy (non-hydrogen) atoms. The fourth-order valence-electron chi connectivity index (χ4n) is 2.06. The van der Waals surface area contributed by atoms with Crippen LogP contribution in [0.2, 0.25) is 0 Å². The van der Waals surface area contributed by atoms with Gasteiger partial charge in [-0.25, -0.2) is 4.39 Å². The minimum Gasteiger partial charge on any atom is -0.392 e. The lowest BCUT2D eigenvalue weighted by molar-refractivity contribution is 0.281. The summed E-state index contributed by atoms with van der Waals surface area (Å²) in [5.74, 6) is -0.399. The van der Waals surface area contributed by atoms with E-state index in [9.17, 15) is 9.50 Å². The Kier molecular flexibility index (Phi) is 4.70. The van der Waals surface area contributed by atoms with Crippen LogP contribution >= 0.6 is 0 Å². The Hall–Kier alpha value is -2.38. The lowest BCUT2D eigenvalue weighted by atomic mass is 10.1. The van der Waals surface area contributed by atoms with E-state index in [0.29, 0.717) is 24.2 Å². The van der Waals surface area contributed by atoms with Crippen molar-refractivity contribution < 1.29 is 9.50 Å². The SMILES string of the molecule is N#CCCN(c1ccccc1)c1cc(F)cc(CO)c1. The summed E-state index contributed by atoms with van der Waals surface area (Å²) in [7, 11) is 0. The summed E-state index contributed by atoms with van der Waals surface area (Å²) in [6.45, 7) is 0.250. The van der Waals surface area contributed by atoms with Crippen molar-refractivity contribution in [2.24, 2.45) is 0 Å². The molecule has 3 nitrogen and oxygen atoms in total. The van der Waals surface area contributed by atoms with Gasteiger partial charge >= 0.3 is 0 Å². The Bertz CT molecular complexity index is 608. The molecule has 0 aliphatic carbocycles. The minimum absolute atomic E-state index is 0.217. The number of nitriles is 1. The predicted molar refractivity (Wildman–Crippen MR) is 76.0 cm³/mol. The summed E-state index contributed by atoms with van der Waals surface area (Å²) in [4.78, 5) is 1.87. The van der Waals surface area contributed by atoms with E-state index in [1.165, 1.54) is 12.1 Å². The van der Waals surface area contributed by atoms with Gasteiger partial charge < -0.3 is 10.0 Å². The van der Waals surface area contributed by atoms with Crippen LogP contribution in [0.3, 0.4) is 0 Å². The van der Waals surface area contributed by atoms with E-state index in [4.69, 9.17) is 5.26 Å². The molecule has 0 unspecified atom stereocenters. The Morgan fingerprint density at radius 2 is 1.85 bits per heavy atom. The third kappa shape index (κ3) is 3.34. The summed E-state index contributed by atoms with van der Waals surface area (Å²) >= 11 is 0. The summed E-state index contributed by atoms with van der Waals surface area (Å²) in [6, 6.07) is 16.0. The molecule has 0 aliphatic heterocycles. The number of nitrogens with zero attached hydrogens (tertiary/aromatic N) is 2. The quantitative estimate of drug-likeness (QED) is 0.906. The van der Waals surface area contributed by atoms with Gasteiger partial charge in [-0.05, 0) is 35.9 Å². The molecule has 0 saturated heterocycles. The van der Waals surface area contributed by atoms with Gasteiger partial charge in [0.05, 0.1) is 19.1 Å². The molecule has 0 heterocycles. The molecule has 0 bridgehead atoms. The highest BCUT2D eigenvalue weighted by Crippen LogP contribution is 2.27. The largest absolute Gasteiger partial charge is 0.392 e. The van der Waals surface area contributed by atoms with E-state index in [1.54, 1.807) is 6.07 Å². The normalized spacial score (nSPS) is 10.1. The maximum absolute atomic E-state index is 13.6. The molecule has 0 radical (unpaired) electrons. The molecule has 1 N–H and O–H groups in total. The average molecular weight is 270 g/mol. The number of hydrogen-bond acceptors (Lipinski definition) is 3. The molecule has 4 heteroatoms. The molecule has 2 rings (SSSR count). The van der Waals surface area contributed by atoms with Crippen LogP contribution in [0.5, 0.6) is 0 Å². The van der Waals surface area contributed by atoms with Crippen LogP contribution in [0, 0.1) is 17.1 Å². The van der Waals surface area contributed by atoms with Crippen molar-refractivity contribution in [3.8, 4) is 6.07 Å². The van der Waals surface area contributed by atoms with Crippen molar-refractivity contribution in [2.45, 2.75) is 13.0 Å². The molecule has 0 atom stereocenters. The van der Waals surface area contributed by atoms with Gasteiger partial charge in [0.15, 0.2) is 0 Å². The van der Waals surface area contributed by atoms with Crippen LogP contribution in [0.15, 0.2) is 48.5 Å². The van der Waals surface area contributed by atoms with E-state index in [-0.39, 0.29) is 6.61 Å². The minimum atomic E-state index is -0.399. The highest BCUT2D eigenvalue weighted by Gasteiger charge is 2.11. The van der Waals surface area contributed by atoms with Gasteiger partial charge in [0.1, 0.15) is 5.82 Å². The Morgan fingerprint density at radius 1 is 1.10 bits per heavy atom. The van der Waals surface area contributed by atoms with Crippen LogP contribution in [0.4, 0.5) is 15.8 Å². The topological polar surface area (TPSA) is 47.3 Å². The summed E-state index contributed by atoms with van der Waals surface area (Å²) in [5.41, 5.74) is 2.03. The second-order valence-corrected chi connectivity index (χ2v) is 4.37. The first kappa shape index (κ1) is 14.0. The van der Waals surface area contributed by atoms with Crippen molar-refractivity contribution in [3.05, 3.63) is 59.9 Å². The number of rotatable bonds is 5. The molecule has 102 valence electrons. The zero-order chi connectivity index (χ0) is 14.4. The van der Waals surface area contributed by atoms with Crippen LogP contribution in [-0.2, 0) is 6.61 Å². The fourth-order valence-corrected chi connectivity index (χ4v) is 2.06. The highest BCUT2D eigenvalue weighted by atomic mass is 19.1. The molecule has 0 spiro atoms. The third-order valence-electron chi connectivity index (χ3n) is 2.95. The van der Waals surface area contributed by atoms with Gasteiger partial charge in [0, 0.05) is 17.9 Å². The zero-order valence-electron chi connectivity index (χ0n) is 11.0. The summed E-state index contributed by atoms with van der Waals surface area (Å²) in [6.07, 6.45) is 0.333. The number of aliphatic hydroxyl groups is 1. The predicted octanol–water partition coefficient (Wildman–Crippen LogP) is 3.37. The number of halogens is 1. The standard InChI is InChI=1S/C16H15FN2O/c17-14-9-13(12-20)10-16(11-14)19(8-4-7-18)15-5-2-1-3-6-15/h1-3,5-6,9-11,20H,4,8,12H2. The molecule has 0 fully saturated rings. The van der Waals surface area contributed by atoms with E-state index in [2.05, 4.69) is 6.07 Å². The summed E-state index contributed by atoms with van der Waals surface area (Å²) in [5, 5.41) is 18.0. The van der Waals surface area contributed by atoms with E-state index >= 15 is 0 Å². The second-order valence-electron chi connectivity index (χ2n) is 4.37. The maximum Gasteiger partial charge on any atom is 0.125 e. The van der Waals surface area contributed by atoms with Crippen molar-refractivity contribution >= 4 is 11.4 Å². The Balaban J connectivity index is 2.41. The van der Waals surface area contributed by atoms with Crippen LogP contribution in [0.1, 0.15) is 12.0 Å². The van der Waals surface area contributed by atoms with E-state index in [1.807, 2.05) is 35.2 Å². The first-order valence-corrected chi connectivity index (χ1v) is 6.34. The number of para-hydroxylation sites is 1. The zero-order valence-corrected chi connectivity index (χ0v) is 11.0. The molecule has 2 aromatic rings. The van der Waals surface area contributed by atoms with Crippen LogP contribution in [0.25, 0.3) is 0 Å². The van der Waals surface area contributed by atoms with Gasteiger partial charge in [0.2, 0.25) is 0 Å². The lowest BCUT2D eigenvalue weighted by Crippen LogP contribution is -2.18. The van der Waals surface area contributed by atoms with Crippen molar-refractivity contribution in [2.75, 3.05) is 11.4 Å². The number of aliphatic hydroxyl groups excluding tert-OH is 1. The van der Waals surface area contributed by atoms with Crippen molar-refractivity contribution in [1.82, 2.24) is 0 Å². The molecule has 0 aliphatic rings. The first-order valence-electron chi connectivity index (χ1n) is 6.34. The number of anilines is 2. The molecule has 0 aromatic heterocycles. The number of hydrogen-bond donors (Lipinski definition) is 1. The van der Waals surface area contributed by atoms with Gasteiger partial charge in [0.25, 0.3) is 0 Å². The Labute approximate surface area is 117 Å². The molecular formula is C16H15FN2O. The van der Waals surface area contributed by atoms with Crippen LogP contribution in [-0.4, -0.2) is 11.7 Å². The highest BCUT2D eigenvalue weighted by molar-refractivity contribution is 5.63. The van der Waals surface area contributed by atoms with E-state index in [0.717, 1.165) is 5.69 Å². The molecule has 0 saturated carbocycles. The fraction of sp³-hybridized carbons (Fsp3) is 0.188. The average Bonchev–Trinajstić information content (AvgIpc) is 2.48. The second kappa shape index (κ2) is 6.69.